The number of rotatable bonds is 8. The topological polar surface area (TPSA) is 105 Å². The van der Waals surface area contributed by atoms with Crippen molar-refractivity contribution < 1.29 is 19.3 Å². The van der Waals surface area contributed by atoms with Crippen LogP contribution < -0.4 is 19.9 Å². The second-order valence-electron chi connectivity index (χ2n) is 12.3. The van der Waals surface area contributed by atoms with Gasteiger partial charge in [-0.15, -0.1) is 0 Å². The largest absolute Gasteiger partial charge is 0.496 e. The molecule has 2 aromatic heterocycles. The number of aliphatic hydroxyl groups excluding tert-OH is 1. The van der Waals surface area contributed by atoms with Gasteiger partial charge in [-0.05, 0) is 62.9 Å². The molecule has 0 amide bonds. The molecule has 3 aliphatic rings. The van der Waals surface area contributed by atoms with Crippen molar-refractivity contribution in [1.29, 1.82) is 0 Å². The number of methoxy groups -OCH3 is 1. The van der Waals surface area contributed by atoms with Crippen LogP contribution >= 0.6 is 0 Å². The Morgan fingerprint density at radius 2 is 1.74 bits per heavy atom. The van der Waals surface area contributed by atoms with Crippen molar-refractivity contribution in [3.05, 3.63) is 35.9 Å². The summed E-state index contributed by atoms with van der Waals surface area (Å²) in [6.45, 7) is 10.1. The highest BCUT2D eigenvalue weighted by atomic mass is 16.5. The molecule has 4 atom stereocenters. The van der Waals surface area contributed by atoms with E-state index in [2.05, 4.69) is 53.2 Å². The van der Waals surface area contributed by atoms with Gasteiger partial charge < -0.3 is 34.4 Å². The highest BCUT2D eigenvalue weighted by molar-refractivity contribution is 5.90. The van der Waals surface area contributed by atoms with Gasteiger partial charge in [-0.2, -0.15) is 9.97 Å². The standard InChI is InChI=1S/C33H46N6O4/c1-22-20-39(21-23(2)43-22)33-36-31-27(32(37-33)38-13-15-42-16-14-38)10-11-28(35-31)24-9-12-30(41-3)26(17-24)19-34-18-25-7-5-4-6-8-29(25)40/h9-12,17,22-23,25,29,34,40H,4-8,13-16,18-21H2,1-3H3/t22-,23+,25?,29?. The van der Waals surface area contributed by atoms with E-state index in [0.29, 0.717) is 37.3 Å². The van der Waals surface area contributed by atoms with E-state index >= 15 is 0 Å². The molecule has 2 unspecified atom stereocenters. The Bertz CT molecular complexity index is 1370. The second-order valence-corrected chi connectivity index (χ2v) is 12.3. The molecular weight excluding hydrogens is 544 g/mol. The number of pyridine rings is 1. The summed E-state index contributed by atoms with van der Waals surface area (Å²) in [5.41, 5.74) is 3.62. The van der Waals surface area contributed by atoms with E-state index in [4.69, 9.17) is 29.2 Å². The van der Waals surface area contributed by atoms with Gasteiger partial charge in [-0.1, -0.05) is 19.3 Å². The Morgan fingerprint density at radius 1 is 0.953 bits per heavy atom. The van der Waals surface area contributed by atoms with E-state index in [1.54, 1.807) is 7.11 Å². The minimum atomic E-state index is -0.219. The third-order valence-electron chi connectivity index (χ3n) is 8.96. The molecule has 2 aliphatic heterocycles. The highest BCUT2D eigenvalue weighted by Crippen LogP contribution is 2.32. The van der Waals surface area contributed by atoms with Crippen LogP contribution in [0, 0.1) is 5.92 Å². The van der Waals surface area contributed by atoms with E-state index in [9.17, 15) is 5.11 Å². The van der Waals surface area contributed by atoms with Gasteiger partial charge in [0.1, 0.15) is 11.6 Å². The zero-order chi connectivity index (χ0) is 29.8. The van der Waals surface area contributed by atoms with E-state index in [1.165, 1.54) is 12.8 Å². The lowest BCUT2D eigenvalue weighted by atomic mass is 9.97. The van der Waals surface area contributed by atoms with Crippen molar-refractivity contribution in [2.75, 3.05) is 62.8 Å². The monoisotopic (exact) mass is 590 g/mol. The molecule has 43 heavy (non-hydrogen) atoms. The van der Waals surface area contributed by atoms with Crippen molar-refractivity contribution >= 4 is 22.8 Å². The van der Waals surface area contributed by atoms with Crippen LogP contribution in [0.1, 0.15) is 51.5 Å². The van der Waals surface area contributed by atoms with E-state index in [-0.39, 0.29) is 18.3 Å². The molecule has 4 heterocycles. The van der Waals surface area contributed by atoms with Gasteiger partial charge >= 0.3 is 0 Å². The molecule has 2 saturated heterocycles. The summed E-state index contributed by atoms with van der Waals surface area (Å²) in [5.74, 6) is 2.74. The molecule has 0 bridgehead atoms. The van der Waals surface area contributed by atoms with Gasteiger partial charge in [-0.3, -0.25) is 0 Å². The lowest BCUT2D eigenvalue weighted by Crippen LogP contribution is -2.46. The molecule has 3 fully saturated rings. The maximum Gasteiger partial charge on any atom is 0.229 e. The third kappa shape index (κ3) is 7.03. The van der Waals surface area contributed by atoms with Crippen molar-refractivity contribution in [1.82, 2.24) is 20.3 Å². The van der Waals surface area contributed by atoms with Gasteiger partial charge in [0.25, 0.3) is 0 Å². The number of fused-ring (bicyclic) bond motifs is 1. The molecule has 1 aromatic carbocycles. The summed E-state index contributed by atoms with van der Waals surface area (Å²) in [5, 5.41) is 15.1. The molecular formula is C33H46N6O4. The normalized spacial score (nSPS) is 25.1. The Balaban J connectivity index is 1.29. The predicted octanol–water partition coefficient (Wildman–Crippen LogP) is 4.18. The first-order valence-corrected chi connectivity index (χ1v) is 16.0. The molecule has 6 rings (SSSR count). The minimum Gasteiger partial charge on any atom is -0.496 e. The quantitative estimate of drug-likeness (QED) is 0.371. The number of benzene rings is 1. The van der Waals surface area contributed by atoms with E-state index in [1.807, 2.05) is 6.07 Å². The molecule has 232 valence electrons. The maximum atomic E-state index is 10.6. The van der Waals surface area contributed by atoms with Crippen molar-refractivity contribution in [2.45, 2.75) is 70.8 Å². The van der Waals surface area contributed by atoms with E-state index in [0.717, 1.165) is 85.8 Å². The van der Waals surface area contributed by atoms with Crippen LogP contribution in [0.15, 0.2) is 30.3 Å². The molecule has 1 saturated carbocycles. The zero-order valence-corrected chi connectivity index (χ0v) is 25.8. The van der Waals surface area contributed by atoms with Gasteiger partial charge in [0, 0.05) is 50.4 Å². The van der Waals surface area contributed by atoms with Crippen molar-refractivity contribution in [3.8, 4) is 17.0 Å². The van der Waals surface area contributed by atoms with Crippen LogP contribution in [0.4, 0.5) is 11.8 Å². The SMILES string of the molecule is COc1ccc(-c2ccc3c(N4CCOCC4)nc(N4C[C@@H](C)O[C@@H](C)C4)nc3n2)cc1CNCC1CCCCCC1O. The van der Waals surface area contributed by atoms with Crippen LogP contribution in [-0.4, -0.2) is 91.4 Å². The summed E-state index contributed by atoms with van der Waals surface area (Å²) in [6.07, 6.45) is 5.50. The number of anilines is 2. The zero-order valence-electron chi connectivity index (χ0n) is 25.8. The summed E-state index contributed by atoms with van der Waals surface area (Å²) in [7, 11) is 1.71. The first-order valence-electron chi connectivity index (χ1n) is 16.0. The van der Waals surface area contributed by atoms with Gasteiger partial charge in [0.2, 0.25) is 5.95 Å². The van der Waals surface area contributed by atoms with Crippen LogP contribution in [0.5, 0.6) is 5.75 Å². The summed E-state index contributed by atoms with van der Waals surface area (Å²) in [6, 6.07) is 10.4. The van der Waals surface area contributed by atoms with Gasteiger partial charge in [0.05, 0.1) is 49.7 Å². The summed E-state index contributed by atoms with van der Waals surface area (Å²) in [4.78, 5) is 19.7. The first-order chi connectivity index (χ1) is 21.0. The summed E-state index contributed by atoms with van der Waals surface area (Å²) < 4.78 is 17.3. The molecule has 0 radical (unpaired) electrons. The lowest BCUT2D eigenvalue weighted by Gasteiger charge is -2.36. The molecule has 10 heteroatoms. The number of hydrogen-bond acceptors (Lipinski definition) is 10. The smallest absolute Gasteiger partial charge is 0.229 e. The second kappa shape index (κ2) is 13.7. The molecule has 3 aromatic rings. The number of nitrogens with one attached hydrogen (secondary N) is 1. The van der Waals surface area contributed by atoms with Gasteiger partial charge in [0.15, 0.2) is 5.65 Å². The number of nitrogens with zero attached hydrogens (tertiary/aromatic N) is 5. The Kier molecular flexibility index (Phi) is 9.57. The van der Waals surface area contributed by atoms with Crippen LogP contribution in [-0.2, 0) is 16.0 Å². The molecule has 10 nitrogen and oxygen atoms in total. The lowest BCUT2D eigenvalue weighted by molar-refractivity contribution is -0.00570. The van der Waals surface area contributed by atoms with Crippen LogP contribution in [0.25, 0.3) is 22.3 Å². The van der Waals surface area contributed by atoms with E-state index < -0.39 is 0 Å². The number of morpholine rings is 2. The van der Waals surface area contributed by atoms with Crippen LogP contribution in [0.2, 0.25) is 0 Å². The first kappa shape index (κ1) is 30.0. The number of hydrogen-bond donors (Lipinski definition) is 2. The number of aromatic nitrogens is 3. The predicted molar refractivity (Wildman–Crippen MR) is 169 cm³/mol. The Hall–Kier alpha value is -3.05. The fourth-order valence-corrected chi connectivity index (χ4v) is 6.71. The average molecular weight is 591 g/mol. The Labute approximate surface area is 254 Å². The molecule has 2 N–H and O–H groups in total. The minimum absolute atomic E-state index is 0.103. The van der Waals surface area contributed by atoms with Crippen molar-refractivity contribution in [2.24, 2.45) is 5.92 Å². The third-order valence-corrected chi connectivity index (χ3v) is 8.96. The van der Waals surface area contributed by atoms with Crippen molar-refractivity contribution in [3.63, 3.8) is 0 Å². The fourth-order valence-electron chi connectivity index (χ4n) is 6.71. The number of aliphatic hydroxyl groups is 1. The number of ether oxygens (including phenoxy) is 3. The average Bonchev–Trinajstić information content (AvgIpc) is 3.23. The maximum absolute atomic E-state index is 10.6. The van der Waals surface area contributed by atoms with Crippen LogP contribution in [0.3, 0.4) is 0 Å². The molecule has 0 spiro atoms. The van der Waals surface area contributed by atoms with Gasteiger partial charge in [-0.25, -0.2) is 4.98 Å². The Morgan fingerprint density at radius 3 is 2.53 bits per heavy atom. The summed E-state index contributed by atoms with van der Waals surface area (Å²) >= 11 is 0. The molecule has 1 aliphatic carbocycles. The fraction of sp³-hybridized carbons (Fsp3) is 0.606. The highest BCUT2D eigenvalue weighted by Gasteiger charge is 2.27.